The van der Waals surface area contributed by atoms with Crippen molar-refractivity contribution in [1.82, 2.24) is 4.98 Å². The molecular formula is C14H14FNO. The van der Waals surface area contributed by atoms with Gasteiger partial charge in [0.2, 0.25) is 0 Å². The maximum absolute atomic E-state index is 13.2. The second-order valence-corrected chi connectivity index (χ2v) is 4.88. The Balaban J connectivity index is 2.04. The number of carbonyl (C=O) groups is 1. The quantitative estimate of drug-likeness (QED) is 0.805. The minimum atomic E-state index is -0.301. The number of carbonyl (C=O) groups excluding carboxylic acids is 1. The summed E-state index contributed by atoms with van der Waals surface area (Å²) >= 11 is 0. The third kappa shape index (κ3) is 1.75. The van der Waals surface area contributed by atoms with Crippen molar-refractivity contribution in [1.29, 1.82) is 0 Å². The molecule has 17 heavy (non-hydrogen) atoms. The molecule has 88 valence electrons. The molecule has 1 aliphatic carbocycles. The number of halogens is 1. The molecule has 1 saturated carbocycles. The fourth-order valence-electron chi connectivity index (χ4n) is 2.35. The van der Waals surface area contributed by atoms with Crippen LogP contribution in [-0.4, -0.2) is 10.8 Å². The van der Waals surface area contributed by atoms with Gasteiger partial charge in [-0.3, -0.25) is 4.79 Å². The molecule has 0 spiro atoms. The van der Waals surface area contributed by atoms with Gasteiger partial charge in [0.1, 0.15) is 5.82 Å². The molecule has 3 heteroatoms. The Hall–Kier alpha value is -1.64. The Labute approximate surface area is 98.8 Å². The van der Waals surface area contributed by atoms with Crippen LogP contribution in [0, 0.1) is 17.7 Å². The molecule has 0 radical (unpaired) electrons. The maximum atomic E-state index is 13.2. The van der Waals surface area contributed by atoms with Crippen LogP contribution in [0.2, 0.25) is 0 Å². The molecule has 1 aromatic carbocycles. The van der Waals surface area contributed by atoms with Crippen molar-refractivity contribution < 1.29 is 9.18 Å². The number of Topliss-reactive ketones (excluding diaryl/α,β-unsaturated/α-hetero) is 1. The number of fused-ring (bicyclic) bond motifs is 1. The second-order valence-electron chi connectivity index (χ2n) is 4.88. The van der Waals surface area contributed by atoms with Gasteiger partial charge in [-0.2, -0.15) is 0 Å². The van der Waals surface area contributed by atoms with Gasteiger partial charge in [0.15, 0.2) is 5.78 Å². The summed E-state index contributed by atoms with van der Waals surface area (Å²) in [5, 5.41) is 0.697. The fraction of sp³-hybridized carbons (Fsp3) is 0.357. The highest BCUT2D eigenvalue weighted by molar-refractivity contribution is 6.08. The first-order valence-electron chi connectivity index (χ1n) is 5.97. The molecule has 1 atom stereocenters. The van der Waals surface area contributed by atoms with E-state index in [-0.39, 0.29) is 17.5 Å². The average Bonchev–Trinajstić information content (AvgIpc) is 3.08. The van der Waals surface area contributed by atoms with Crippen molar-refractivity contribution in [2.24, 2.45) is 11.8 Å². The van der Waals surface area contributed by atoms with Crippen molar-refractivity contribution in [3.63, 3.8) is 0 Å². The monoisotopic (exact) mass is 231 g/mol. The average molecular weight is 231 g/mol. The zero-order chi connectivity index (χ0) is 12.0. The largest absolute Gasteiger partial charge is 0.360 e. The lowest BCUT2D eigenvalue weighted by Crippen LogP contribution is -2.12. The van der Waals surface area contributed by atoms with E-state index >= 15 is 0 Å². The zero-order valence-electron chi connectivity index (χ0n) is 9.66. The van der Waals surface area contributed by atoms with Gasteiger partial charge in [0.25, 0.3) is 0 Å². The molecule has 1 N–H and O–H groups in total. The van der Waals surface area contributed by atoms with Crippen LogP contribution in [0.25, 0.3) is 10.9 Å². The number of aromatic amines is 1. The first-order chi connectivity index (χ1) is 8.16. The molecule has 1 aromatic heterocycles. The SMILES string of the molecule is CC(C(=O)c1c[nH]c2ccc(F)cc12)C1CC1. The maximum Gasteiger partial charge on any atom is 0.168 e. The van der Waals surface area contributed by atoms with Gasteiger partial charge in [0, 0.05) is 28.6 Å². The first kappa shape index (κ1) is 10.5. The highest BCUT2D eigenvalue weighted by Gasteiger charge is 2.33. The summed E-state index contributed by atoms with van der Waals surface area (Å²) in [6.07, 6.45) is 3.98. The number of ketones is 1. The van der Waals surface area contributed by atoms with Gasteiger partial charge in [-0.05, 0) is 37.0 Å². The smallest absolute Gasteiger partial charge is 0.168 e. The molecule has 1 aliphatic rings. The van der Waals surface area contributed by atoms with E-state index < -0.39 is 0 Å². The third-order valence-corrected chi connectivity index (χ3v) is 3.65. The standard InChI is InChI=1S/C14H14FNO/c1-8(9-2-3-9)14(17)12-7-16-13-5-4-10(15)6-11(12)13/h4-9,16H,2-3H2,1H3. The summed E-state index contributed by atoms with van der Waals surface area (Å²) in [6.45, 7) is 1.97. The predicted molar refractivity (Wildman–Crippen MR) is 64.5 cm³/mol. The van der Waals surface area contributed by atoms with Crippen molar-refractivity contribution in [2.45, 2.75) is 19.8 Å². The van der Waals surface area contributed by atoms with Crippen molar-refractivity contribution >= 4 is 16.7 Å². The Bertz CT molecular complexity index is 583. The van der Waals surface area contributed by atoms with Gasteiger partial charge in [0.05, 0.1) is 0 Å². The van der Waals surface area contributed by atoms with Crippen LogP contribution in [0.1, 0.15) is 30.1 Å². The highest BCUT2D eigenvalue weighted by Crippen LogP contribution is 2.38. The molecular weight excluding hydrogens is 217 g/mol. The molecule has 3 rings (SSSR count). The van der Waals surface area contributed by atoms with Gasteiger partial charge in [-0.25, -0.2) is 4.39 Å². The number of nitrogens with one attached hydrogen (secondary N) is 1. The number of rotatable bonds is 3. The van der Waals surface area contributed by atoms with Gasteiger partial charge in [-0.15, -0.1) is 0 Å². The van der Waals surface area contributed by atoms with Crippen LogP contribution in [0.5, 0.6) is 0 Å². The number of H-pyrrole nitrogens is 1. The van der Waals surface area contributed by atoms with Crippen LogP contribution >= 0.6 is 0 Å². The van der Waals surface area contributed by atoms with Crippen molar-refractivity contribution in [3.05, 3.63) is 35.8 Å². The molecule has 2 nitrogen and oxygen atoms in total. The minimum Gasteiger partial charge on any atom is -0.360 e. The molecule has 1 heterocycles. The second kappa shape index (κ2) is 3.69. The van der Waals surface area contributed by atoms with Gasteiger partial charge in [-0.1, -0.05) is 6.92 Å². The predicted octanol–water partition coefficient (Wildman–Crippen LogP) is 3.54. The van der Waals surface area contributed by atoms with E-state index in [1.54, 1.807) is 12.3 Å². The number of hydrogen-bond acceptors (Lipinski definition) is 1. The number of aromatic nitrogens is 1. The van der Waals surface area contributed by atoms with Crippen molar-refractivity contribution in [3.8, 4) is 0 Å². The molecule has 0 amide bonds. The summed E-state index contributed by atoms with van der Waals surface area (Å²) < 4.78 is 13.2. The van der Waals surface area contributed by atoms with Crippen LogP contribution in [0.4, 0.5) is 4.39 Å². The number of hydrogen-bond donors (Lipinski definition) is 1. The normalized spacial score (nSPS) is 17.3. The van der Waals surface area contributed by atoms with E-state index in [0.717, 1.165) is 18.4 Å². The molecule has 2 aromatic rings. The Morgan fingerprint density at radius 2 is 2.24 bits per heavy atom. The van der Waals surface area contributed by atoms with E-state index in [0.29, 0.717) is 16.9 Å². The van der Waals surface area contributed by atoms with Crippen LogP contribution in [0.3, 0.4) is 0 Å². The highest BCUT2D eigenvalue weighted by atomic mass is 19.1. The fourth-order valence-corrected chi connectivity index (χ4v) is 2.35. The molecule has 0 saturated heterocycles. The lowest BCUT2D eigenvalue weighted by molar-refractivity contribution is 0.0918. The third-order valence-electron chi connectivity index (χ3n) is 3.65. The van der Waals surface area contributed by atoms with Gasteiger partial charge >= 0.3 is 0 Å². The molecule has 1 fully saturated rings. The topological polar surface area (TPSA) is 32.9 Å². The minimum absolute atomic E-state index is 0.0530. The van der Waals surface area contributed by atoms with Crippen LogP contribution < -0.4 is 0 Å². The molecule has 0 aliphatic heterocycles. The Morgan fingerprint density at radius 3 is 2.94 bits per heavy atom. The van der Waals surface area contributed by atoms with Crippen LogP contribution in [-0.2, 0) is 0 Å². The van der Waals surface area contributed by atoms with E-state index in [1.807, 2.05) is 6.92 Å². The summed E-state index contributed by atoms with van der Waals surface area (Å²) in [6, 6.07) is 4.50. The van der Waals surface area contributed by atoms with E-state index in [4.69, 9.17) is 0 Å². The summed E-state index contributed by atoms with van der Waals surface area (Å²) in [7, 11) is 0. The Kier molecular flexibility index (Phi) is 2.28. The first-order valence-corrected chi connectivity index (χ1v) is 5.97. The van der Waals surface area contributed by atoms with Crippen molar-refractivity contribution in [2.75, 3.05) is 0 Å². The molecule has 0 bridgehead atoms. The van der Waals surface area contributed by atoms with Gasteiger partial charge < -0.3 is 4.98 Å². The zero-order valence-corrected chi connectivity index (χ0v) is 9.66. The van der Waals surface area contributed by atoms with E-state index in [1.165, 1.54) is 12.1 Å². The lowest BCUT2D eigenvalue weighted by Gasteiger charge is -2.07. The lowest BCUT2D eigenvalue weighted by atomic mass is 9.95. The summed E-state index contributed by atoms with van der Waals surface area (Å²) in [5.74, 6) is 0.410. The van der Waals surface area contributed by atoms with Crippen LogP contribution in [0.15, 0.2) is 24.4 Å². The molecule has 1 unspecified atom stereocenters. The number of benzene rings is 1. The summed E-state index contributed by atoms with van der Waals surface area (Å²) in [4.78, 5) is 15.3. The Morgan fingerprint density at radius 1 is 1.47 bits per heavy atom. The van der Waals surface area contributed by atoms with E-state index in [2.05, 4.69) is 4.98 Å². The van der Waals surface area contributed by atoms with E-state index in [9.17, 15) is 9.18 Å². The summed E-state index contributed by atoms with van der Waals surface area (Å²) in [5.41, 5.74) is 1.44.